The lowest BCUT2D eigenvalue weighted by atomic mass is 9.96. The number of ketones is 1. The van der Waals surface area contributed by atoms with Gasteiger partial charge >= 0.3 is 0 Å². The Labute approximate surface area is 190 Å². The number of anilines is 2. The van der Waals surface area contributed by atoms with Gasteiger partial charge in [-0.1, -0.05) is 24.3 Å². The molecule has 0 spiro atoms. The molecule has 33 heavy (non-hydrogen) atoms. The molecule has 0 amide bonds. The topological polar surface area (TPSA) is 127 Å². The summed E-state index contributed by atoms with van der Waals surface area (Å²) >= 11 is 0. The zero-order chi connectivity index (χ0) is 22.8. The molecule has 1 fully saturated rings. The number of aromatic nitrogens is 5. The van der Waals surface area contributed by atoms with E-state index >= 15 is 0 Å². The maximum absolute atomic E-state index is 12.5. The van der Waals surface area contributed by atoms with Crippen LogP contribution < -0.4 is 11.1 Å². The van der Waals surface area contributed by atoms with E-state index in [1.54, 1.807) is 18.4 Å². The molecule has 170 valence electrons. The molecular weight excluding hydrogens is 420 g/mol. The van der Waals surface area contributed by atoms with Crippen LogP contribution in [0.3, 0.4) is 0 Å². The Morgan fingerprint density at radius 3 is 2.73 bits per heavy atom. The van der Waals surface area contributed by atoms with Gasteiger partial charge < -0.3 is 20.4 Å². The summed E-state index contributed by atoms with van der Waals surface area (Å²) in [7, 11) is 2.07. The van der Waals surface area contributed by atoms with Crippen molar-refractivity contribution in [3.8, 4) is 11.6 Å². The number of nitrogens with zero attached hydrogens (tertiary/aromatic N) is 6. The molecule has 10 nitrogen and oxygen atoms in total. The van der Waals surface area contributed by atoms with E-state index in [1.807, 2.05) is 12.1 Å². The molecule has 1 aliphatic heterocycles. The summed E-state index contributed by atoms with van der Waals surface area (Å²) < 4.78 is 6.71. The van der Waals surface area contributed by atoms with E-state index in [9.17, 15) is 4.79 Å². The first kappa shape index (κ1) is 21.1. The molecule has 4 aromatic rings. The summed E-state index contributed by atoms with van der Waals surface area (Å²) in [5, 5.41) is 7.48. The van der Waals surface area contributed by atoms with Crippen molar-refractivity contribution in [1.29, 1.82) is 0 Å². The average Bonchev–Trinajstić information content (AvgIpc) is 3.55. The molecule has 1 aliphatic rings. The van der Waals surface area contributed by atoms with Crippen molar-refractivity contribution in [3.63, 3.8) is 0 Å². The van der Waals surface area contributed by atoms with Crippen molar-refractivity contribution in [2.45, 2.75) is 19.3 Å². The number of nitrogens with two attached hydrogens (primary N) is 1. The predicted molar refractivity (Wildman–Crippen MR) is 124 cm³/mol. The fourth-order valence-corrected chi connectivity index (χ4v) is 4.08. The molecule has 0 bridgehead atoms. The van der Waals surface area contributed by atoms with Crippen molar-refractivity contribution in [1.82, 2.24) is 29.5 Å². The van der Waals surface area contributed by atoms with E-state index in [0.717, 1.165) is 37.1 Å². The van der Waals surface area contributed by atoms with Crippen LogP contribution in [0.5, 0.6) is 0 Å². The number of carbonyl (C=O) groups is 1. The van der Waals surface area contributed by atoms with Crippen LogP contribution in [0.1, 0.15) is 17.5 Å². The standard InChI is InChI=1S/C23H26N8O2/c1-30-11-9-17(14-30)18(32)13-16-6-4-15(5-7-16)8-10-25-22-27-21(24)31-23(28-22)26-20(29-31)19-3-2-12-33-19/h2-7,12,17H,8-11,13-14H2,1H3,(H3,24,25,26,27,28,29). The molecule has 1 saturated heterocycles. The third-order valence-electron chi connectivity index (χ3n) is 5.92. The normalized spacial score (nSPS) is 16.5. The number of hydrogen-bond acceptors (Lipinski definition) is 9. The Bertz CT molecular complexity index is 1250. The molecule has 3 aromatic heterocycles. The Morgan fingerprint density at radius 1 is 1.18 bits per heavy atom. The van der Waals surface area contributed by atoms with Gasteiger partial charge in [0, 0.05) is 25.4 Å². The number of Topliss-reactive ketones (excluding diaryl/α,β-unsaturated/α-hetero) is 1. The van der Waals surface area contributed by atoms with Crippen molar-refractivity contribution in [2.75, 3.05) is 37.7 Å². The fourth-order valence-electron chi connectivity index (χ4n) is 4.08. The first-order chi connectivity index (χ1) is 16.0. The first-order valence-electron chi connectivity index (χ1n) is 11.0. The predicted octanol–water partition coefficient (Wildman–Crippen LogP) is 2.08. The van der Waals surface area contributed by atoms with E-state index in [1.165, 1.54) is 4.52 Å². The second-order valence-electron chi connectivity index (χ2n) is 8.41. The number of nitrogen functional groups attached to an aromatic ring is 1. The SMILES string of the molecule is CN1CCC(C(=O)Cc2ccc(CCNc3nc(N)n4nc(-c5ccco5)nc4n3)cc2)C1. The van der Waals surface area contributed by atoms with Crippen molar-refractivity contribution in [3.05, 3.63) is 53.8 Å². The number of furan rings is 1. The minimum atomic E-state index is 0.170. The van der Waals surface area contributed by atoms with Crippen LogP contribution in [0.25, 0.3) is 17.4 Å². The largest absolute Gasteiger partial charge is 0.461 e. The van der Waals surface area contributed by atoms with Crippen LogP contribution in [-0.4, -0.2) is 61.9 Å². The average molecular weight is 447 g/mol. The molecular formula is C23H26N8O2. The second kappa shape index (κ2) is 8.99. The van der Waals surface area contributed by atoms with E-state index < -0.39 is 0 Å². The second-order valence-corrected chi connectivity index (χ2v) is 8.41. The summed E-state index contributed by atoms with van der Waals surface area (Å²) in [6, 6.07) is 11.8. The Morgan fingerprint density at radius 2 is 2.00 bits per heavy atom. The van der Waals surface area contributed by atoms with E-state index in [2.05, 4.69) is 49.4 Å². The Balaban J connectivity index is 1.17. The van der Waals surface area contributed by atoms with Crippen LogP contribution in [0.15, 0.2) is 47.1 Å². The van der Waals surface area contributed by atoms with E-state index in [-0.39, 0.29) is 11.9 Å². The van der Waals surface area contributed by atoms with Crippen LogP contribution in [0.4, 0.5) is 11.9 Å². The fraction of sp³-hybridized carbons (Fsp3) is 0.348. The van der Waals surface area contributed by atoms with Gasteiger partial charge in [-0.15, -0.1) is 5.10 Å². The van der Waals surface area contributed by atoms with Gasteiger partial charge in [-0.3, -0.25) is 4.79 Å². The minimum Gasteiger partial charge on any atom is -0.461 e. The summed E-state index contributed by atoms with van der Waals surface area (Å²) in [6.45, 7) is 2.51. The maximum atomic E-state index is 12.5. The lowest BCUT2D eigenvalue weighted by Gasteiger charge is -2.10. The smallest absolute Gasteiger partial charge is 0.259 e. The summed E-state index contributed by atoms with van der Waals surface area (Å²) in [5.41, 5.74) is 8.25. The van der Waals surface area contributed by atoms with Gasteiger partial charge in [0.05, 0.1) is 6.26 Å². The number of likely N-dealkylation sites (tertiary alicyclic amines) is 1. The van der Waals surface area contributed by atoms with Gasteiger partial charge in [0.2, 0.25) is 17.7 Å². The van der Waals surface area contributed by atoms with Crippen molar-refractivity contribution < 1.29 is 9.21 Å². The quantitative estimate of drug-likeness (QED) is 0.418. The highest BCUT2D eigenvalue weighted by molar-refractivity contribution is 5.83. The molecule has 1 aromatic carbocycles. The lowest BCUT2D eigenvalue weighted by molar-refractivity contribution is -0.121. The van der Waals surface area contributed by atoms with Gasteiger partial charge in [0.15, 0.2) is 5.76 Å². The van der Waals surface area contributed by atoms with E-state index in [0.29, 0.717) is 42.1 Å². The van der Waals surface area contributed by atoms with Gasteiger partial charge in [0.25, 0.3) is 5.78 Å². The summed E-state index contributed by atoms with van der Waals surface area (Å²) in [4.78, 5) is 27.7. The molecule has 4 heterocycles. The van der Waals surface area contributed by atoms with Crippen LogP contribution in [-0.2, 0) is 17.6 Å². The van der Waals surface area contributed by atoms with Crippen LogP contribution in [0.2, 0.25) is 0 Å². The van der Waals surface area contributed by atoms with Gasteiger partial charge in [-0.2, -0.15) is 19.5 Å². The van der Waals surface area contributed by atoms with Crippen molar-refractivity contribution >= 4 is 23.5 Å². The maximum Gasteiger partial charge on any atom is 0.259 e. The lowest BCUT2D eigenvalue weighted by Crippen LogP contribution is -2.21. The third kappa shape index (κ3) is 4.70. The highest BCUT2D eigenvalue weighted by atomic mass is 16.3. The van der Waals surface area contributed by atoms with Gasteiger partial charge in [0.1, 0.15) is 5.78 Å². The summed E-state index contributed by atoms with van der Waals surface area (Å²) in [6.07, 6.45) is 3.81. The number of hydrogen-bond donors (Lipinski definition) is 2. The number of fused-ring (bicyclic) bond motifs is 1. The zero-order valence-electron chi connectivity index (χ0n) is 18.4. The monoisotopic (exact) mass is 446 g/mol. The number of benzene rings is 1. The highest BCUT2D eigenvalue weighted by Gasteiger charge is 2.25. The number of nitrogens with one attached hydrogen (secondary N) is 1. The Kier molecular flexibility index (Phi) is 5.74. The molecule has 0 aliphatic carbocycles. The molecule has 0 saturated carbocycles. The number of rotatable bonds is 8. The minimum absolute atomic E-state index is 0.170. The molecule has 5 rings (SSSR count). The zero-order valence-corrected chi connectivity index (χ0v) is 18.4. The molecule has 0 radical (unpaired) electrons. The molecule has 10 heteroatoms. The first-order valence-corrected chi connectivity index (χ1v) is 11.0. The Hall–Kier alpha value is -3.79. The highest BCUT2D eigenvalue weighted by Crippen LogP contribution is 2.19. The van der Waals surface area contributed by atoms with Crippen molar-refractivity contribution in [2.24, 2.45) is 5.92 Å². The molecule has 3 N–H and O–H groups in total. The van der Waals surface area contributed by atoms with Gasteiger partial charge in [-0.25, -0.2) is 0 Å². The summed E-state index contributed by atoms with van der Waals surface area (Å²) in [5.74, 6) is 2.37. The molecule has 1 atom stereocenters. The van der Waals surface area contributed by atoms with Gasteiger partial charge in [-0.05, 0) is 49.7 Å². The number of carbonyl (C=O) groups excluding carboxylic acids is 1. The van der Waals surface area contributed by atoms with E-state index in [4.69, 9.17) is 10.2 Å². The molecule has 1 unspecified atom stereocenters. The third-order valence-corrected chi connectivity index (χ3v) is 5.92. The van der Waals surface area contributed by atoms with Crippen LogP contribution >= 0.6 is 0 Å². The van der Waals surface area contributed by atoms with Crippen LogP contribution in [0, 0.1) is 5.92 Å².